The first kappa shape index (κ1) is 19.4. The maximum atomic E-state index is 12.7. The molecule has 1 N–H and O–H groups in total. The van der Waals surface area contributed by atoms with Gasteiger partial charge in [-0.2, -0.15) is 0 Å². The molecule has 0 aliphatic carbocycles. The smallest absolute Gasteiger partial charge is 0.351 e. The first-order chi connectivity index (χ1) is 14.4. The molecule has 2 aromatic carbocycles. The number of hydrogen-bond donors (Lipinski definition) is 1. The summed E-state index contributed by atoms with van der Waals surface area (Å²) in [6.07, 6.45) is 2.96. The number of anilines is 1. The SMILES string of the molecule is Cc1ccc(C)c(NC(=O)Cn2nc3c(Oc4ccccc4C)nccn3c2=O)c1. The van der Waals surface area contributed by atoms with E-state index in [1.807, 2.05) is 63.2 Å². The largest absolute Gasteiger partial charge is 0.436 e. The van der Waals surface area contributed by atoms with E-state index in [-0.39, 0.29) is 24.0 Å². The number of carbonyl (C=O) groups excluding carboxylic acids is 1. The van der Waals surface area contributed by atoms with Gasteiger partial charge in [0.2, 0.25) is 11.6 Å². The van der Waals surface area contributed by atoms with Crippen LogP contribution in [-0.2, 0) is 11.3 Å². The Hall–Kier alpha value is -3.94. The van der Waals surface area contributed by atoms with Crippen molar-refractivity contribution in [2.45, 2.75) is 27.3 Å². The summed E-state index contributed by atoms with van der Waals surface area (Å²) in [5, 5.41) is 7.12. The predicted octanol–water partition coefficient (Wildman–Crippen LogP) is 3.25. The molecule has 30 heavy (non-hydrogen) atoms. The van der Waals surface area contributed by atoms with E-state index in [9.17, 15) is 9.59 Å². The van der Waals surface area contributed by atoms with Gasteiger partial charge in [0.05, 0.1) is 0 Å². The summed E-state index contributed by atoms with van der Waals surface area (Å²) in [5.74, 6) is 0.467. The Morgan fingerprint density at radius 3 is 2.70 bits per heavy atom. The molecule has 0 aliphatic rings. The average Bonchev–Trinajstić information content (AvgIpc) is 3.03. The van der Waals surface area contributed by atoms with Gasteiger partial charge in [0, 0.05) is 18.1 Å². The summed E-state index contributed by atoms with van der Waals surface area (Å²) in [5.41, 5.74) is 3.40. The first-order valence-corrected chi connectivity index (χ1v) is 9.47. The second kappa shape index (κ2) is 7.82. The Balaban J connectivity index is 1.62. The first-order valence-electron chi connectivity index (χ1n) is 9.47. The predicted molar refractivity (Wildman–Crippen MR) is 113 cm³/mol. The Kier molecular flexibility index (Phi) is 5.05. The van der Waals surface area contributed by atoms with Crippen LogP contribution in [0.15, 0.2) is 59.7 Å². The van der Waals surface area contributed by atoms with E-state index in [1.165, 1.54) is 16.8 Å². The van der Waals surface area contributed by atoms with E-state index in [0.29, 0.717) is 11.4 Å². The van der Waals surface area contributed by atoms with Gasteiger partial charge in [-0.1, -0.05) is 30.3 Å². The zero-order chi connectivity index (χ0) is 21.3. The van der Waals surface area contributed by atoms with E-state index in [2.05, 4.69) is 15.4 Å². The van der Waals surface area contributed by atoms with Gasteiger partial charge >= 0.3 is 5.69 Å². The van der Waals surface area contributed by atoms with Crippen molar-refractivity contribution >= 4 is 17.2 Å². The molecule has 0 aliphatic heterocycles. The molecule has 0 unspecified atom stereocenters. The van der Waals surface area contributed by atoms with E-state index in [0.717, 1.165) is 21.4 Å². The van der Waals surface area contributed by atoms with Gasteiger partial charge < -0.3 is 10.1 Å². The number of benzene rings is 2. The van der Waals surface area contributed by atoms with Gasteiger partial charge in [-0.15, -0.1) is 5.10 Å². The highest BCUT2D eigenvalue weighted by atomic mass is 16.5. The fourth-order valence-corrected chi connectivity index (χ4v) is 3.07. The molecule has 0 saturated heterocycles. The molecular formula is C22H21N5O3. The molecule has 2 aromatic heterocycles. The molecule has 0 spiro atoms. The molecule has 152 valence electrons. The number of nitrogens with one attached hydrogen (secondary N) is 1. The van der Waals surface area contributed by atoms with Crippen LogP contribution < -0.4 is 15.7 Å². The lowest BCUT2D eigenvalue weighted by atomic mass is 10.1. The summed E-state index contributed by atoms with van der Waals surface area (Å²) >= 11 is 0. The van der Waals surface area contributed by atoms with Gasteiger partial charge in [-0.25, -0.2) is 18.9 Å². The molecule has 4 aromatic rings. The highest BCUT2D eigenvalue weighted by Gasteiger charge is 2.16. The number of ether oxygens (including phenoxy) is 1. The molecule has 0 atom stereocenters. The standard InChI is InChI=1S/C22H21N5O3/c1-14-8-9-15(2)17(12-14)24-19(28)13-27-22(29)26-11-10-23-21(20(26)25-27)30-18-7-5-4-6-16(18)3/h4-12H,13H2,1-3H3,(H,24,28). The van der Waals surface area contributed by atoms with Crippen molar-refractivity contribution in [1.82, 2.24) is 19.2 Å². The van der Waals surface area contributed by atoms with Crippen LogP contribution >= 0.6 is 0 Å². The van der Waals surface area contributed by atoms with Crippen molar-refractivity contribution in [3.8, 4) is 11.6 Å². The van der Waals surface area contributed by atoms with Crippen LogP contribution in [0.25, 0.3) is 5.65 Å². The van der Waals surface area contributed by atoms with Crippen molar-refractivity contribution in [1.29, 1.82) is 0 Å². The number of carbonyl (C=O) groups is 1. The molecule has 1 amide bonds. The molecule has 0 radical (unpaired) electrons. The highest BCUT2D eigenvalue weighted by molar-refractivity contribution is 5.91. The molecule has 0 fully saturated rings. The monoisotopic (exact) mass is 403 g/mol. The van der Waals surface area contributed by atoms with Crippen LogP contribution in [0.4, 0.5) is 5.69 Å². The van der Waals surface area contributed by atoms with Crippen LogP contribution in [0, 0.1) is 20.8 Å². The van der Waals surface area contributed by atoms with Crippen LogP contribution in [0.2, 0.25) is 0 Å². The van der Waals surface area contributed by atoms with Crippen molar-refractivity contribution in [2.75, 3.05) is 5.32 Å². The van der Waals surface area contributed by atoms with Gasteiger partial charge in [-0.05, 0) is 49.6 Å². The topological polar surface area (TPSA) is 90.5 Å². The third-order valence-corrected chi connectivity index (χ3v) is 4.73. The van der Waals surface area contributed by atoms with E-state index in [1.54, 1.807) is 0 Å². The number of amides is 1. The highest BCUT2D eigenvalue weighted by Crippen LogP contribution is 2.25. The number of fused-ring (bicyclic) bond motifs is 1. The minimum Gasteiger partial charge on any atom is -0.436 e. The lowest BCUT2D eigenvalue weighted by molar-refractivity contribution is -0.117. The summed E-state index contributed by atoms with van der Waals surface area (Å²) < 4.78 is 8.28. The molecule has 8 nitrogen and oxygen atoms in total. The fourth-order valence-electron chi connectivity index (χ4n) is 3.07. The van der Waals surface area contributed by atoms with E-state index in [4.69, 9.17) is 4.74 Å². The zero-order valence-electron chi connectivity index (χ0n) is 16.9. The third kappa shape index (κ3) is 3.80. The quantitative estimate of drug-likeness (QED) is 0.552. The van der Waals surface area contributed by atoms with Crippen molar-refractivity contribution in [3.05, 3.63) is 82.0 Å². The summed E-state index contributed by atoms with van der Waals surface area (Å²) in [6, 6.07) is 13.3. The van der Waals surface area contributed by atoms with E-state index >= 15 is 0 Å². The lowest BCUT2D eigenvalue weighted by Gasteiger charge is -2.09. The van der Waals surface area contributed by atoms with Gasteiger partial charge in [0.1, 0.15) is 12.3 Å². The lowest BCUT2D eigenvalue weighted by Crippen LogP contribution is -2.28. The normalized spacial score (nSPS) is 10.9. The number of para-hydroxylation sites is 1. The average molecular weight is 403 g/mol. The Morgan fingerprint density at radius 2 is 1.90 bits per heavy atom. The van der Waals surface area contributed by atoms with Gasteiger partial charge in [0.25, 0.3) is 5.88 Å². The van der Waals surface area contributed by atoms with Crippen LogP contribution in [0.1, 0.15) is 16.7 Å². The van der Waals surface area contributed by atoms with Crippen LogP contribution in [0.3, 0.4) is 0 Å². The zero-order valence-corrected chi connectivity index (χ0v) is 16.9. The summed E-state index contributed by atoms with van der Waals surface area (Å²) in [7, 11) is 0. The van der Waals surface area contributed by atoms with Crippen LogP contribution in [0.5, 0.6) is 11.6 Å². The second-order valence-corrected chi connectivity index (χ2v) is 7.10. The molecule has 8 heteroatoms. The minimum absolute atomic E-state index is 0.192. The van der Waals surface area contributed by atoms with Crippen molar-refractivity contribution < 1.29 is 9.53 Å². The maximum Gasteiger partial charge on any atom is 0.351 e. The number of hydrogen-bond acceptors (Lipinski definition) is 5. The van der Waals surface area contributed by atoms with Crippen molar-refractivity contribution in [3.63, 3.8) is 0 Å². The van der Waals surface area contributed by atoms with Crippen LogP contribution in [-0.4, -0.2) is 25.1 Å². The molecule has 0 saturated carbocycles. The number of aryl methyl sites for hydroxylation is 3. The fraction of sp³-hybridized carbons (Fsp3) is 0.182. The number of aromatic nitrogens is 4. The summed E-state index contributed by atoms with van der Waals surface area (Å²) in [4.78, 5) is 29.4. The van der Waals surface area contributed by atoms with Crippen molar-refractivity contribution in [2.24, 2.45) is 0 Å². The Morgan fingerprint density at radius 1 is 1.10 bits per heavy atom. The van der Waals surface area contributed by atoms with Gasteiger partial charge in [-0.3, -0.25) is 4.79 Å². The molecular weight excluding hydrogens is 382 g/mol. The second-order valence-electron chi connectivity index (χ2n) is 7.10. The number of rotatable bonds is 5. The Bertz CT molecular complexity index is 1310. The molecule has 2 heterocycles. The number of nitrogens with zero attached hydrogens (tertiary/aromatic N) is 4. The van der Waals surface area contributed by atoms with E-state index < -0.39 is 5.69 Å². The minimum atomic E-state index is -0.446. The molecule has 0 bridgehead atoms. The molecule has 4 rings (SSSR count). The Labute approximate surface area is 172 Å². The third-order valence-electron chi connectivity index (χ3n) is 4.73. The maximum absolute atomic E-state index is 12.7. The van der Waals surface area contributed by atoms with Gasteiger partial charge in [0.15, 0.2) is 0 Å². The summed E-state index contributed by atoms with van der Waals surface area (Å²) in [6.45, 7) is 5.55.